The second-order valence-electron chi connectivity index (χ2n) is 5.54. The topological polar surface area (TPSA) is 50.2 Å². The first kappa shape index (κ1) is 19.0. The van der Waals surface area contributed by atoms with Crippen molar-refractivity contribution < 1.29 is 0 Å². The number of nitrogens with zero attached hydrogens (tertiary/aromatic N) is 3. The van der Waals surface area contributed by atoms with E-state index in [-0.39, 0.29) is 5.69 Å². The highest BCUT2D eigenvalue weighted by molar-refractivity contribution is 7.10. The Morgan fingerprint density at radius 2 is 1.85 bits per heavy atom. The van der Waals surface area contributed by atoms with Crippen LogP contribution in [0.15, 0.2) is 47.3 Å². The van der Waals surface area contributed by atoms with Gasteiger partial charge in [-0.25, -0.2) is 8.75 Å². The van der Waals surface area contributed by atoms with Crippen LogP contribution in [-0.2, 0) is 6.54 Å². The Morgan fingerprint density at radius 1 is 1.12 bits per heavy atom. The highest BCUT2D eigenvalue weighted by atomic mass is 35.5. The van der Waals surface area contributed by atoms with Gasteiger partial charge in [-0.15, -0.1) is 0 Å². The average Bonchev–Trinajstić information content (AvgIpc) is 2.96. The fourth-order valence-corrected chi connectivity index (χ4v) is 3.47. The van der Waals surface area contributed by atoms with Gasteiger partial charge in [-0.05, 0) is 54.0 Å². The Morgan fingerprint density at radius 3 is 2.54 bits per heavy atom. The van der Waals surface area contributed by atoms with E-state index in [9.17, 15) is 4.79 Å². The van der Waals surface area contributed by atoms with Crippen molar-refractivity contribution in [2.45, 2.75) is 6.54 Å². The first-order valence-electron chi connectivity index (χ1n) is 7.69. The van der Waals surface area contributed by atoms with Gasteiger partial charge in [0.25, 0.3) is 0 Å². The van der Waals surface area contributed by atoms with Gasteiger partial charge in [-0.1, -0.05) is 34.8 Å². The number of likely N-dealkylation sites (N-methyl/N-ethyl adjacent to an activating group) is 1. The average molecular weight is 430 g/mol. The molecule has 0 saturated heterocycles. The lowest BCUT2D eigenvalue weighted by Crippen LogP contribution is -2.26. The predicted molar refractivity (Wildman–Crippen MR) is 111 cm³/mol. The van der Waals surface area contributed by atoms with E-state index in [4.69, 9.17) is 34.8 Å². The van der Waals surface area contributed by atoms with Gasteiger partial charge in [0.05, 0.1) is 16.6 Å². The fraction of sp³-hybridized carbons (Fsp3) is 0.176. The van der Waals surface area contributed by atoms with Gasteiger partial charge >= 0.3 is 5.69 Å². The first-order valence-corrected chi connectivity index (χ1v) is 9.60. The lowest BCUT2D eigenvalue weighted by molar-refractivity contribution is 0.705. The predicted octanol–water partition coefficient (Wildman–Crippen LogP) is 5.15. The molecule has 1 N–H and O–H groups in total. The fourth-order valence-electron chi connectivity index (χ4n) is 2.26. The number of aromatic nitrogens is 2. The number of hydrogen-bond acceptors (Lipinski definition) is 5. The Bertz CT molecular complexity index is 955. The van der Waals surface area contributed by atoms with Crippen molar-refractivity contribution >= 4 is 62.8 Å². The first-order chi connectivity index (χ1) is 12.4. The molecular weight excluding hydrogens is 415 g/mol. The minimum absolute atomic E-state index is 0.290. The molecule has 0 atom stereocenters. The maximum absolute atomic E-state index is 12.1. The number of anilines is 3. The highest BCUT2D eigenvalue weighted by Gasteiger charge is 2.09. The van der Waals surface area contributed by atoms with Gasteiger partial charge in [-0.2, -0.15) is 4.98 Å². The summed E-state index contributed by atoms with van der Waals surface area (Å²) in [7, 11) is 1.96. The second kappa shape index (κ2) is 8.31. The zero-order valence-electron chi connectivity index (χ0n) is 13.7. The Hall–Kier alpha value is -1.73. The third-order valence-electron chi connectivity index (χ3n) is 3.68. The van der Waals surface area contributed by atoms with Gasteiger partial charge in [0.2, 0.25) is 5.13 Å². The van der Waals surface area contributed by atoms with Crippen molar-refractivity contribution in [2.24, 2.45) is 0 Å². The summed E-state index contributed by atoms with van der Waals surface area (Å²) in [5.74, 6) is 0. The molecular formula is C17H15Cl3N4OS. The third-order valence-corrected chi connectivity index (χ3v) is 5.60. The largest absolute Gasteiger partial charge is 0.373 e. The molecule has 1 aromatic heterocycles. The van der Waals surface area contributed by atoms with Crippen molar-refractivity contribution in [1.29, 1.82) is 0 Å². The monoisotopic (exact) mass is 428 g/mol. The molecule has 0 amide bonds. The SMILES string of the molecule is CN(CCn1sc(Nc2ccc(Cl)c(Cl)c2)nc1=O)c1ccc(Cl)cc1. The Kier molecular flexibility index (Phi) is 6.09. The molecule has 0 fully saturated rings. The van der Waals surface area contributed by atoms with Crippen molar-refractivity contribution in [1.82, 2.24) is 8.94 Å². The summed E-state index contributed by atoms with van der Waals surface area (Å²) in [4.78, 5) is 18.2. The molecule has 2 aromatic carbocycles. The summed E-state index contributed by atoms with van der Waals surface area (Å²) in [6.45, 7) is 1.19. The summed E-state index contributed by atoms with van der Waals surface area (Å²) in [5, 5.41) is 5.18. The van der Waals surface area contributed by atoms with E-state index in [1.807, 2.05) is 31.3 Å². The summed E-state index contributed by atoms with van der Waals surface area (Å²) >= 11 is 19.1. The van der Waals surface area contributed by atoms with E-state index in [1.54, 1.807) is 22.2 Å². The van der Waals surface area contributed by atoms with E-state index in [2.05, 4.69) is 15.2 Å². The van der Waals surface area contributed by atoms with Gasteiger partial charge in [0.15, 0.2) is 0 Å². The smallest absolute Gasteiger partial charge is 0.359 e. The van der Waals surface area contributed by atoms with Crippen molar-refractivity contribution in [3.05, 3.63) is 68.0 Å². The molecule has 0 saturated carbocycles. The quantitative estimate of drug-likeness (QED) is 0.589. The molecule has 1 heterocycles. The molecule has 0 spiro atoms. The zero-order valence-corrected chi connectivity index (χ0v) is 16.8. The van der Waals surface area contributed by atoms with Gasteiger partial charge in [0, 0.05) is 30.0 Å². The molecule has 136 valence electrons. The van der Waals surface area contributed by atoms with Crippen LogP contribution < -0.4 is 15.9 Å². The maximum Gasteiger partial charge on any atom is 0.359 e. The molecule has 9 heteroatoms. The molecule has 0 aliphatic heterocycles. The van der Waals surface area contributed by atoms with Gasteiger partial charge in [0.1, 0.15) is 0 Å². The highest BCUT2D eigenvalue weighted by Crippen LogP contribution is 2.27. The third kappa shape index (κ3) is 4.71. The van der Waals surface area contributed by atoms with E-state index in [1.165, 1.54) is 11.5 Å². The van der Waals surface area contributed by atoms with Gasteiger partial charge in [-0.3, -0.25) is 0 Å². The number of halogens is 3. The standard InChI is InChI=1S/C17H15Cl3N4OS/c1-23(13-5-2-11(18)3-6-13)8-9-24-17(25)22-16(26-24)21-12-4-7-14(19)15(20)10-12/h2-7,10H,8-9H2,1H3,(H,21,22,25). The van der Waals surface area contributed by atoms with Crippen molar-refractivity contribution in [3.8, 4) is 0 Å². The number of hydrogen-bond donors (Lipinski definition) is 1. The molecule has 3 rings (SSSR count). The van der Waals surface area contributed by atoms with Crippen LogP contribution in [0, 0.1) is 0 Å². The van der Waals surface area contributed by atoms with E-state index in [0.29, 0.717) is 33.3 Å². The van der Waals surface area contributed by atoms with E-state index in [0.717, 1.165) is 11.4 Å². The van der Waals surface area contributed by atoms with E-state index < -0.39 is 0 Å². The number of benzene rings is 2. The van der Waals surface area contributed by atoms with Crippen molar-refractivity contribution in [3.63, 3.8) is 0 Å². The molecule has 5 nitrogen and oxygen atoms in total. The normalized spacial score (nSPS) is 10.8. The van der Waals surface area contributed by atoms with Crippen LogP contribution in [0.5, 0.6) is 0 Å². The molecule has 0 radical (unpaired) electrons. The summed E-state index contributed by atoms with van der Waals surface area (Å²) in [6, 6.07) is 12.7. The molecule has 26 heavy (non-hydrogen) atoms. The lowest BCUT2D eigenvalue weighted by Gasteiger charge is -2.18. The number of nitrogens with one attached hydrogen (secondary N) is 1. The van der Waals surface area contributed by atoms with Crippen LogP contribution >= 0.6 is 46.3 Å². The van der Waals surface area contributed by atoms with Gasteiger partial charge < -0.3 is 10.2 Å². The molecule has 0 aliphatic carbocycles. The second-order valence-corrected chi connectivity index (χ2v) is 7.81. The van der Waals surface area contributed by atoms with Crippen LogP contribution in [0.1, 0.15) is 0 Å². The lowest BCUT2D eigenvalue weighted by atomic mass is 10.3. The van der Waals surface area contributed by atoms with E-state index >= 15 is 0 Å². The molecule has 0 bridgehead atoms. The van der Waals surface area contributed by atoms with Crippen LogP contribution in [0.2, 0.25) is 15.1 Å². The minimum atomic E-state index is -0.290. The number of rotatable bonds is 6. The van der Waals surface area contributed by atoms with Crippen LogP contribution in [0.3, 0.4) is 0 Å². The zero-order chi connectivity index (χ0) is 18.7. The minimum Gasteiger partial charge on any atom is -0.373 e. The Balaban J connectivity index is 1.65. The summed E-state index contributed by atoms with van der Waals surface area (Å²) < 4.78 is 1.60. The molecule has 0 unspecified atom stereocenters. The van der Waals surface area contributed by atoms with Crippen LogP contribution in [0.4, 0.5) is 16.5 Å². The van der Waals surface area contributed by atoms with Crippen LogP contribution in [-0.4, -0.2) is 22.5 Å². The molecule has 0 aliphatic rings. The summed E-state index contributed by atoms with van der Waals surface area (Å²) in [6.07, 6.45) is 0. The van der Waals surface area contributed by atoms with Crippen molar-refractivity contribution in [2.75, 3.05) is 23.8 Å². The molecule has 3 aromatic rings. The summed E-state index contributed by atoms with van der Waals surface area (Å²) in [5.41, 5.74) is 1.46. The maximum atomic E-state index is 12.1. The Labute approximate surface area is 169 Å². The van der Waals surface area contributed by atoms with Crippen LogP contribution in [0.25, 0.3) is 0 Å².